The van der Waals surface area contributed by atoms with Gasteiger partial charge in [-0.25, -0.2) is 4.79 Å². The van der Waals surface area contributed by atoms with Crippen LogP contribution < -0.4 is 16.0 Å². The van der Waals surface area contributed by atoms with Gasteiger partial charge in [0.1, 0.15) is 5.60 Å². The Morgan fingerprint density at radius 2 is 1.73 bits per heavy atom. The molecule has 1 aliphatic heterocycles. The second-order valence-corrected chi connectivity index (χ2v) is 7.94. The highest BCUT2D eigenvalue weighted by atomic mass is 127. The predicted molar refractivity (Wildman–Crippen MR) is 130 cm³/mol. The Labute approximate surface area is 197 Å². The van der Waals surface area contributed by atoms with E-state index in [1.165, 1.54) is 11.1 Å². The molecule has 1 aromatic rings. The van der Waals surface area contributed by atoms with Crippen LogP contribution in [0.1, 0.15) is 31.9 Å². The summed E-state index contributed by atoms with van der Waals surface area (Å²) < 4.78 is 10.7. The van der Waals surface area contributed by atoms with E-state index < -0.39 is 11.7 Å². The maximum atomic E-state index is 11.7. The second-order valence-electron chi connectivity index (χ2n) is 7.94. The van der Waals surface area contributed by atoms with Gasteiger partial charge in [-0.2, -0.15) is 0 Å². The summed E-state index contributed by atoms with van der Waals surface area (Å²) in [5, 5.41) is 9.27. The molecule has 1 aromatic carbocycles. The minimum absolute atomic E-state index is 0. The topological polar surface area (TPSA) is 87.2 Å². The van der Waals surface area contributed by atoms with Gasteiger partial charge in [0.15, 0.2) is 5.96 Å². The summed E-state index contributed by atoms with van der Waals surface area (Å²) in [6.45, 7) is 11.7. The zero-order chi connectivity index (χ0) is 21.1. The number of hydrogen-bond acceptors (Lipinski definition) is 5. The van der Waals surface area contributed by atoms with E-state index in [1.807, 2.05) is 20.8 Å². The van der Waals surface area contributed by atoms with Crippen molar-refractivity contribution in [2.75, 3.05) is 46.4 Å². The first-order valence-corrected chi connectivity index (χ1v) is 10.2. The fraction of sp³-hybridized carbons (Fsp3) is 0.619. The maximum absolute atomic E-state index is 11.7. The van der Waals surface area contributed by atoms with Crippen molar-refractivity contribution in [2.45, 2.75) is 39.5 Å². The van der Waals surface area contributed by atoms with Crippen molar-refractivity contribution >= 4 is 36.0 Å². The molecule has 0 aliphatic carbocycles. The van der Waals surface area contributed by atoms with E-state index in [0.717, 1.165) is 32.8 Å². The molecule has 0 saturated carbocycles. The van der Waals surface area contributed by atoms with Crippen molar-refractivity contribution in [3.05, 3.63) is 35.4 Å². The molecule has 30 heavy (non-hydrogen) atoms. The van der Waals surface area contributed by atoms with Crippen LogP contribution in [0.3, 0.4) is 0 Å². The summed E-state index contributed by atoms with van der Waals surface area (Å²) in [6, 6.07) is 8.45. The van der Waals surface area contributed by atoms with Crippen LogP contribution in [0.4, 0.5) is 4.79 Å². The lowest BCUT2D eigenvalue weighted by Gasteiger charge is -2.27. The Morgan fingerprint density at radius 1 is 1.10 bits per heavy atom. The van der Waals surface area contributed by atoms with Crippen molar-refractivity contribution in [1.82, 2.24) is 20.9 Å². The maximum Gasteiger partial charge on any atom is 0.407 e. The summed E-state index contributed by atoms with van der Waals surface area (Å²) in [5.74, 6) is 0.692. The van der Waals surface area contributed by atoms with E-state index in [9.17, 15) is 4.79 Å². The fourth-order valence-electron chi connectivity index (χ4n) is 2.94. The highest BCUT2D eigenvalue weighted by Gasteiger charge is 2.15. The fourth-order valence-corrected chi connectivity index (χ4v) is 2.94. The van der Waals surface area contributed by atoms with Crippen LogP contribution >= 0.6 is 24.0 Å². The Hall–Kier alpha value is -1.59. The van der Waals surface area contributed by atoms with Crippen LogP contribution in [0, 0.1) is 0 Å². The second kappa shape index (κ2) is 13.7. The Bertz CT molecular complexity index is 673. The summed E-state index contributed by atoms with van der Waals surface area (Å²) in [4.78, 5) is 18.3. The lowest BCUT2D eigenvalue weighted by Crippen LogP contribution is -2.42. The quantitative estimate of drug-likeness (QED) is 0.216. The van der Waals surface area contributed by atoms with E-state index in [2.05, 4.69) is 50.1 Å². The van der Waals surface area contributed by atoms with Crippen molar-refractivity contribution < 1.29 is 14.3 Å². The van der Waals surface area contributed by atoms with Gasteiger partial charge in [-0.3, -0.25) is 9.89 Å². The molecule has 0 spiro atoms. The number of rotatable bonds is 7. The SMILES string of the molecule is CN=C(NCCNC(=O)OC(C)(C)C)NCc1ccccc1CN1CCOCC1.I. The molecule has 8 nitrogen and oxygen atoms in total. The molecular formula is C21H36IN5O3. The number of nitrogens with one attached hydrogen (secondary N) is 3. The number of guanidine groups is 1. The standard InChI is InChI=1S/C21H35N5O3.HI/c1-21(2,3)29-20(27)24-10-9-23-19(22-4)25-15-17-7-5-6-8-18(17)16-26-11-13-28-14-12-26;/h5-8H,9-16H2,1-4H3,(H,24,27)(H2,22,23,25);1H. The summed E-state index contributed by atoms with van der Waals surface area (Å²) >= 11 is 0. The van der Waals surface area contributed by atoms with E-state index in [-0.39, 0.29) is 24.0 Å². The number of ether oxygens (including phenoxy) is 2. The molecule has 1 aliphatic rings. The van der Waals surface area contributed by atoms with Gasteiger partial charge in [0.05, 0.1) is 13.2 Å². The number of hydrogen-bond donors (Lipinski definition) is 3. The molecule has 1 saturated heterocycles. The van der Waals surface area contributed by atoms with Crippen molar-refractivity contribution in [3.8, 4) is 0 Å². The summed E-state index contributed by atoms with van der Waals surface area (Å²) in [5.41, 5.74) is 2.06. The number of carbonyl (C=O) groups is 1. The first-order valence-electron chi connectivity index (χ1n) is 10.2. The third-order valence-electron chi connectivity index (χ3n) is 4.37. The Balaban J connectivity index is 0.00000450. The third-order valence-corrected chi connectivity index (χ3v) is 4.37. The number of nitrogens with zero attached hydrogens (tertiary/aromatic N) is 2. The van der Waals surface area contributed by atoms with Gasteiger partial charge in [-0.1, -0.05) is 24.3 Å². The predicted octanol–water partition coefficient (Wildman–Crippen LogP) is 2.33. The monoisotopic (exact) mass is 533 g/mol. The van der Waals surface area contributed by atoms with Crippen molar-refractivity contribution in [2.24, 2.45) is 4.99 Å². The first-order chi connectivity index (χ1) is 13.9. The molecule has 2 rings (SSSR count). The molecule has 1 fully saturated rings. The van der Waals surface area contributed by atoms with Gasteiger partial charge >= 0.3 is 6.09 Å². The number of benzene rings is 1. The zero-order valence-electron chi connectivity index (χ0n) is 18.5. The van der Waals surface area contributed by atoms with Crippen LogP contribution in [-0.2, 0) is 22.6 Å². The Kier molecular flexibility index (Phi) is 12.0. The molecule has 1 amide bonds. The number of alkyl carbamates (subject to hydrolysis) is 1. The first kappa shape index (κ1) is 26.4. The van der Waals surface area contributed by atoms with Gasteiger partial charge in [0, 0.05) is 46.3 Å². The number of aliphatic imine (C=N–C) groups is 1. The van der Waals surface area contributed by atoms with E-state index in [0.29, 0.717) is 25.6 Å². The van der Waals surface area contributed by atoms with Crippen LogP contribution in [0.25, 0.3) is 0 Å². The third kappa shape index (κ3) is 10.4. The average Bonchev–Trinajstić information content (AvgIpc) is 2.68. The smallest absolute Gasteiger partial charge is 0.407 e. The van der Waals surface area contributed by atoms with Crippen LogP contribution in [0.5, 0.6) is 0 Å². The van der Waals surface area contributed by atoms with Crippen LogP contribution in [-0.4, -0.2) is 69.0 Å². The number of halogens is 1. The van der Waals surface area contributed by atoms with Crippen LogP contribution in [0.15, 0.2) is 29.3 Å². The molecule has 1 heterocycles. The average molecular weight is 533 g/mol. The molecule has 0 atom stereocenters. The van der Waals surface area contributed by atoms with E-state index in [4.69, 9.17) is 9.47 Å². The van der Waals surface area contributed by atoms with Crippen molar-refractivity contribution in [1.29, 1.82) is 0 Å². The Morgan fingerprint density at radius 3 is 2.37 bits per heavy atom. The molecule has 3 N–H and O–H groups in total. The van der Waals surface area contributed by atoms with E-state index in [1.54, 1.807) is 7.05 Å². The highest BCUT2D eigenvalue weighted by molar-refractivity contribution is 14.0. The normalized spacial score (nSPS) is 15.1. The molecule has 0 radical (unpaired) electrons. The number of carbonyl (C=O) groups excluding carboxylic acids is 1. The number of morpholine rings is 1. The molecule has 0 unspecified atom stereocenters. The highest BCUT2D eigenvalue weighted by Crippen LogP contribution is 2.13. The zero-order valence-corrected chi connectivity index (χ0v) is 20.8. The van der Waals surface area contributed by atoms with Gasteiger partial charge in [-0.15, -0.1) is 24.0 Å². The lowest BCUT2D eigenvalue weighted by atomic mass is 10.1. The minimum atomic E-state index is -0.496. The van der Waals surface area contributed by atoms with Crippen molar-refractivity contribution in [3.63, 3.8) is 0 Å². The molecule has 0 aromatic heterocycles. The van der Waals surface area contributed by atoms with Gasteiger partial charge in [0.25, 0.3) is 0 Å². The molecule has 9 heteroatoms. The minimum Gasteiger partial charge on any atom is -0.444 e. The van der Waals surface area contributed by atoms with Gasteiger partial charge in [0.2, 0.25) is 0 Å². The van der Waals surface area contributed by atoms with E-state index >= 15 is 0 Å². The van der Waals surface area contributed by atoms with Crippen LogP contribution in [0.2, 0.25) is 0 Å². The molecular weight excluding hydrogens is 497 g/mol. The van der Waals surface area contributed by atoms with Gasteiger partial charge in [-0.05, 0) is 31.9 Å². The molecule has 170 valence electrons. The molecule has 0 bridgehead atoms. The summed E-state index contributed by atoms with van der Waals surface area (Å²) in [7, 11) is 1.73. The summed E-state index contributed by atoms with van der Waals surface area (Å²) in [6.07, 6.45) is -0.417. The lowest BCUT2D eigenvalue weighted by molar-refractivity contribution is 0.0340. The number of amides is 1. The largest absolute Gasteiger partial charge is 0.444 e. The van der Waals surface area contributed by atoms with Gasteiger partial charge < -0.3 is 25.4 Å².